The summed E-state index contributed by atoms with van der Waals surface area (Å²) in [5.74, 6) is 0.229. The average Bonchev–Trinajstić information content (AvgIpc) is 2.46. The van der Waals surface area contributed by atoms with E-state index in [-0.39, 0.29) is 5.91 Å². The van der Waals surface area contributed by atoms with Crippen molar-refractivity contribution in [3.63, 3.8) is 0 Å². The summed E-state index contributed by atoms with van der Waals surface area (Å²) in [6.07, 6.45) is 5.18. The summed E-state index contributed by atoms with van der Waals surface area (Å²) in [5.41, 5.74) is 0.990. The number of amides is 1. The number of carbonyl (C=O) groups is 1. The molecule has 98 valence electrons. The van der Waals surface area contributed by atoms with Crippen molar-refractivity contribution in [1.82, 2.24) is 15.2 Å². The molecule has 0 unspecified atom stereocenters. The van der Waals surface area contributed by atoms with Crippen LogP contribution >= 0.6 is 0 Å². The van der Waals surface area contributed by atoms with E-state index in [1.165, 1.54) is 0 Å². The zero-order valence-corrected chi connectivity index (χ0v) is 10.9. The molecule has 1 N–H and O–H groups in total. The van der Waals surface area contributed by atoms with E-state index in [1.807, 2.05) is 30.1 Å². The molecule has 2 heterocycles. The van der Waals surface area contributed by atoms with E-state index in [4.69, 9.17) is 0 Å². The number of pyridine rings is 1. The highest BCUT2D eigenvalue weighted by Gasteiger charge is 2.21. The molecule has 0 radical (unpaired) electrons. The highest BCUT2D eigenvalue weighted by Crippen LogP contribution is 2.12. The normalized spacial score (nSPS) is 16.5. The number of hydrogen-bond acceptors (Lipinski definition) is 3. The van der Waals surface area contributed by atoms with Crippen LogP contribution < -0.4 is 5.32 Å². The monoisotopic (exact) mass is 247 g/mol. The van der Waals surface area contributed by atoms with E-state index in [9.17, 15) is 4.79 Å². The molecule has 2 rings (SSSR count). The molecular formula is C14H21N3O. The van der Waals surface area contributed by atoms with Crippen LogP contribution in [0, 0.1) is 0 Å². The Kier molecular flexibility index (Phi) is 4.70. The Hall–Kier alpha value is -1.42. The summed E-state index contributed by atoms with van der Waals surface area (Å²) in [7, 11) is 1.93. The molecule has 0 bridgehead atoms. The lowest BCUT2D eigenvalue weighted by Gasteiger charge is -2.31. The second-order valence-corrected chi connectivity index (χ2v) is 4.81. The van der Waals surface area contributed by atoms with Crippen molar-refractivity contribution >= 4 is 5.91 Å². The minimum absolute atomic E-state index is 0.229. The summed E-state index contributed by atoms with van der Waals surface area (Å²) >= 11 is 0. The lowest BCUT2D eigenvalue weighted by molar-refractivity contribution is -0.132. The summed E-state index contributed by atoms with van der Waals surface area (Å²) < 4.78 is 0. The van der Waals surface area contributed by atoms with Crippen LogP contribution in [0.25, 0.3) is 0 Å². The molecule has 0 aliphatic carbocycles. The van der Waals surface area contributed by atoms with Gasteiger partial charge in [0.2, 0.25) is 5.91 Å². The highest BCUT2D eigenvalue weighted by atomic mass is 16.2. The van der Waals surface area contributed by atoms with Gasteiger partial charge in [0.25, 0.3) is 0 Å². The van der Waals surface area contributed by atoms with Gasteiger partial charge in [0, 0.05) is 31.4 Å². The van der Waals surface area contributed by atoms with Gasteiger partial charge in [-0.15, -0.1) is 0 Å². The first-order valence-electron chi connectivity index (χ1n) is 6.63. The number of aromatic nitrogens is 1. The third-order valence-corrected chi connectivity index (χ3v) is 3.57. The van der Waals surface area contributed by atoms with Gasteiger partial charge < -0.3 is 10.2 Å². The number of hydrogen-bond donors (Lipinski definition) is 1. The molecule has 18 heavy (non-hydrogen) atoms. The second kappa shape index (κ2) is 6.50. The summed E-state index contributed by atoms with van der Waals surface area (Å²) in [5, 5.41) is 3.32. The van der Waals surface area contributed by atoms with Crippen molar-refractivity contribution in [2.24, 2.45) is 0 Å². The van der Waals surface area contributed by atoms with Gasteiger partial charge in [0.1, 0.15) is 0 Å². The van der Waals surface area contributed by atoms with Crippen LogP contribution in [0.3, 0.4) is 0 Å². The van der Waals surface area contributed by atoms with E-state index in [2.05, 4.69) is 10.3 Å². The van der Waals surface area contributed by atoms with Crippen LogP contribution in [-0.4, -0.2) is 42.0 Å². The topological polar surface area (TPSA) is 45.2 Å². The SMILES string of the molecule is CN(C(=O)CCc1ccccn1)C1CCNCC1. The first-order valence-corrected chi connectivity index (χ1v) is 6.63. The predicted molar refractivity (Wildman–Crippen MR) is 71.2 cm³/mol. The number of carbonyl (C=O) groups excluding carboxylic acids is 1. The maximum absolute atomic E-state index is 12.1. The molecule has 4 heteroatoms. The quantitative estimate of drug-likeness (QED) is 0.870. The summed E-state index contributed by atoms with van der Waals surface area (Å²) in [6.45, 7) is 2.03. The Balaban J connectivity index is 1.80. The molecule has 1 saturated heterocycles. The highest BCUT2D eigenvalue weighted by molar-refractivity contribution is 5.76. The molecule has 1 aromatic heterocycles. The molecule has 0 saturated carbocycles. The van der Waals surface area contributed by atoms with Crippen LogP contribution in [-0.2, 0) is 11.2 Å². The maximum atomic E-state index is 12.1. The molecule has 1 aromatic rings. The fourth-order valence-corrected chi connectivity index (χ4v) is 2.35. The number of rotatable bonds is 4. The van der Waals surface area contributed by atoms with Crippen molar-refractivity contribution in [3.8, 4) is 0 Å². The Labute approximate surface area is 108 Å². The summed E-state index contributed by atoms with van der Waals surface area (Å²) in [6, 6.07) is 6.23. The smallest absolute Gasteiger partial charge is 0.222 e. The van der Waals surface area contributed by atoms with Gasteiger partial charge in [-0.25, -0.2) is 0 Å². The van der Waals surface area contributed by atoms with E-state index < -0.39 is 0 Å². The molecule has 4 nitrogen and oxygen atoms in total. The van der Waals surface area contributed by atoms with Crippen molar-refractivity contribution in [3.05, 3.63) is 30.1 Å². The van der Waals surface area contributed by atoms with Gasteiger partial charge in [-0.05, 0) is 44.5 Å². The van der Waals surface area contributed by atoms with Crippen LogP contribution in [0.2, 0.25) is 0 Å². The number of nitrogens with zero attached hydrogens (tertiary/aromatic N) is 2. The largest absolute Gasteiger partial charge is 0.343 e. The van der Waals surface area contributed by atoms with Crippen molar-refractivity contribution < 1.29 is 4.79 Å². The predicted octanol–water partition coefficient (Wildman–Crippen LogP) is 1.22. The molecule has 1 aliphatic rings. The van der Waals surface area contributed by atoms with E-state index in [0.717, 1.165) is 38.0 Å². The van der Waals surface area contributed by atoms with Gasteiger partial charge in [0.05, 0.1) is 0 Å². The van der Waals surface area contributed by atoms with Crippen molar-refractivity contribution in [2.45, 2.75) is 31.7 Å². The minimum Gasteiger partial charge on any atom is -0.343 e. The molecular weight excluding hydrogens is 226 g/mol. The Bertz CT molecular complexity index is 374. The van der Waals surface area contributed by atoms with Crippen LogP contribution in [0.4, 0.5) is 0 Å². The molecule has 1 amide bonds. The number of nitrogens with one attached hydrogen (secondary N) is 1. The minimum atomic E-state index is 0.229. The van der Waals surface area contributed by atoms with Crippen LogP contribution in [0.1, 0.15) is 25.0 Å². The van der Waals surface area contributed by atoms with Gasteiger partial charge in [-0.2, -0.15) is 0 Å². The summed E-state index contributed by atoms with van der Waals surface area (Å²) in [4.78, 5) is 18.3. The Morgan fingerprint density at radius 2 is 2.22 bits per heavy atom. The van der Waals surface area contributed by atoms with Crippen molar-refractivity contribution in [2.75, 3.05) is 20.1 Å². The molecule has 1 aliphatic heterocycles. The molecule has 1 fully saturated rings. The first-order chi connectivity index (χ1) is 8.77. The van der Waals surface area contributed by atoms with Gasteiger partial charge in [-0.1, -0.05) is 6.07 Å². The first kappa shape index (κ1) is 13.0. The third kappa shape index (κ3) is 3.53. The number of aryl methyl sites for hydroxylation is 1. The van der Waals surface area contributed by atoms with E-state index in [1.54, 1.807) is 6.20 Å². The maximum Gasteiger partial charge on any atom is 0.222 e. The third-order valence-electron chi connectivity index (χ3n) is 3.57. The van der Waals surface area contributed by atoms with Gasteiger partial charge >= 0.3 is 0 Å². The van der Waals surface area contributed by atoms with Crippen molar-refractivity contribution in [1.29, 1.82) is 0 Å². The van der Waals surface area contributed by atoms with E-state index >= 15 is 0 Å². The zero-order chi connectivity index (χ0) is 12.8. The lowest BCUT2D eigenvalue weighted by Crippen LogP contribution is -2.44. The van der Waals surface area contributed by atoms with Gasteiger partial charge in [-0.3, -0.25) is 9.78 Å². The number of piperidine rings is 1. The fourth-order valence-electron chi connectivity index (χ4n) is 2.35. The fraction of sp³-hybridized carbons (Fsp3) is 0.571. The molecule has 0 spiro atoms. The van der Waals surface area contributed by atoms with Crippen LogP contribution in [0.5, 0.6) is 0 Å². The Morgan fingerprint density at radius 1 is 1.44 bits per heavy atom. The van der Waals surface area contributed by atoms with Crippen LogP contribution in [0.15, 0.2) is 24.4 Å². The molecule has 0 atom stereocenters. The average molecular weight is 247 g/mol. The second-order valence-electron chi connectivity index (χ2n) is 4.81. The lowest BCUT2D eigenvalue weighted by atomic mass is 10.0. The zero-order valence-electron chi connectivity index (χ0n) is 10.9. The van der Waals surface area contributed by atoms with E-state index in [0.29, 0.717) is 12.5 Å². The molecule has 0 aromatic carbocycles. The standard InChI is InChI=1S/C14H21N3O/c1-17(13-7-10-15-11-8-13)14(18)6-5-12-4-2-3-9-16-12/h2-4,9,13,15H,5-8,10-11H2,1H3. The van der Waals surface area contributed by atoms with Gasteiger partial charge in [0.15, 0.2) is 0 Å². The Morgan fingerprint density at radius 3 is 2.89 bits per heavy atom.